The van der Waals surface area contributed by atoms with Gasteiger partial charge in [0, 0.05) is 19.3 Å². The first-order valence-corrected chi connectivity index (χ1v) is 3.86. The lowest BCUT2D eigenvalue weighted by Crippen LogP contribution is -2.28. The molecule has 0 spiro atoms. The molecular weight excluding hydrogens is 170 g/mol. The summed E-state index contributed by atoms with van der Waals surface area (Å²) in [6.07, 6.45) is 2.64. The van der Waals surface area contributed by atoms with Crippen LogP contribution in [0.2, 0.25) is 0 Å². The van der Waals surface area contributed by atoms with Crippen molar-refractivity contribution in [1.82, 2.24) is 10.3 Å². The second-order valence-electron chi connectivity index (χ2n) is 2.48. The van der Waals surface area contributed by atoms with Gasteiger partial charge in [-0.05, 0) is 6.07 Å². The van der Waals surface area contributed by atoms with Crippen LogP contribution in [0.5, 0.6) is 5.75 Å². The van der Waals surface area contributed by atoms with Crippen LogP contribution in [0.15, 0.2) is 18.5 Å². The number of nitrogens with zero attached hydrogens (tertiary/aromatic N) is 1. The standard InChI is InChI=1S/C8H11N3O2/c9-1-2-11-8(13)6-3-7(12)5-10-4-6/h3-5,12H,1-2,9H2,(H,11,13). The number of nitrogens with two attached hydrogens (primary N) is 1. The number of nitrogens with one attached hydrogen (secondary N) is 1. The molecule has 13 heavy (non-hydrogen) atoms. The van der Waals surface area contributed by atoms with Crippen LogP contribution in [0.1, 0.15) is 10.4 Å². The Balaban J connectivity index is 2.66. The molecule has 0 atom stereocenters. The number of rotatable bonds is 3. The van der Waals surface area contributed by atoms with E-state index in [4.69, 9.17) is 10.8 Å². The van der Waals surface area contributed by atoms with E-state index in [2.05, 4.69) is 10.3 Å². The second-order valence-corrected chi connectivity index (χ2v) is 2.48. The number of aromatic hydroxyl groups is 1. The molecule has 0 aliphatic carbocycles. The summed E-state index contributed by atoms with van der Waals surface area (Å²) < 4.78 is 0. The Morgan fingerprint density at radius 1 is 1.62 bits per heavy atom. The van der Waals surface area contributed by atoms with Crippen molar-refractivity contribution >= 4 is 5.91 Å². The fourth-order valence-electron chi connectivity index (χ4n) is 0.840. The van der Waals surface area contributed by atoms with Gasteiger partial charge in [-0.1, -0.05) is 0 Å². The Kier molecular flexibility index (Phi) is 3.22. The highest BCUT2D eigenvalue weighted by Crippen LogP contribution is 2.07. The maximum Gasteiger partial charge on any atom is 0.253 e. The molecule has 0 saturated carbocycles. The molecule has 0 aliphatic heterocycles. The third-order valence-electron chi connectivity index (χ3n) is 1.42. The van der Waals surface area contributed by atoms with Gasteiger partial charge in [0.15, 0.2) is 0 Å². The van der Waals surface area contributed by atoms with Gasteiger partial charge >= 0.3 is 0 Å². The van der Waals surface area contributed by atoms with Crippen LogP contribution in [0, 0.1) is 0 Å². The third kappa shape index (κ3) is 2.72. The minimum absolute atomic E-state index is 0.0274. The van der Waals surface area contributed by atoms with Crippen molar-refractivity contribution < 1.29 is 9.90 Å². The summed E-state index contributed by atoms with van der Waals surface area (Å²) >= 11 is 0. The summed E-state index contributed by atoms with van der Waals surface area (Å²) in [5.41, 5.74) is 5.53. The van der Waals surface area contributed by atoms with Crippen molar-refractivity contribution in [2.45, 2.75) is 0 Å². The van der Waals surface area contributed by atoms with E-state index in [-0.39, 0.29) is 11.7 Å². The molecule has 1 heterocycles. The molecule has 0 bridgehead atoms. The quantitative estimate of drug-likeness (QED) is 0.585. The maximum absolute atomic E-state index is 11.2. The van der Waals surface area contributed by atoms with Crippen molar-refractivity contribution in [3.8, 4) is 5.75 Å². The molecule has 0 unspecified atom stereocenters. The van der Waals surface area contributed by atoms with E-state index in [0.717, 1.165) is 0 Å². The number of aromatic nitrogens is 1. The van der Waals surface area contributed by atoms with Gasteiger partial charge in [0.1, 0.15) is 5.75 Å². The van der Waals surface area contributed by atoms with Gasteiger partial charge in [0.2, 0.25) is 0 Å². The summed E-state index contributed by atoms with van der Waals surface area (Å²) in [5.74, 6) is -0.311. The van der Waals surface area contributed by atoms with Crippen LogP contribution in [-0.2, 0) is 0 Å². The van der Waals surface area contributed by atoms with Crippen molar-refractivity contribution in [1.29, 1.82) is 0 Å². The molecule has 0 saturated heterocycles. The number of hydrogen-bond acceptors (Lipinski definition) is 4. The normalized spacial score (nSPS) is 9.62. The Morgan fingerprint density at radius 3 is 3.00 bits per heavy atom. The summed E-state index contributed by atoms with van der Waals surface area (Å²) in [6, 6.07) is 1.35. The van der Waals surface area contributed by atoms with E-state index < -0.39 is 0 Å². The zero-order valence-corrected chi connectivity index (χ0v) is 7.03. The van der Waals surface area contributed by atoms with E-state index in [1.54, 1.807) is 0 Å². The van der Waals surface area contributed by atoms with Gasteiger partial charge in [0.05, 0.1) is 11.8 Å². The second kappa shape index (κ2) is 4.42. The Hall–Kier alpha value is -1.62. The van der Waals surface area contributed by atoms with Crippen LogP contribution in [0.3, 0.4) is 0 Å². The molecule has 70 valence electrons. The highest BCUT2D eigenvalue weighted by molar-refractivity contribution is 5.94. The smallest absolute Gasteiger partial charge is 0.253 e. The molecular formula is C8H11N3O2. The van der Waals surface area contributed by atoms with E-state index in [0.29, 0.717) is 18.7 Å². The van der Waals surface area contributed by atoms with Gasteiger partial charge in [-0.15, -0.1) is 0 Å². The maximum atomic E-state index is 11.2. The average molecular weight is 181 g/mol. The van der Waals surface area contributed by atoms with E-state index in [1.807, 2.05) is 0 Å². The summed E-state index contributed by atoms with van der Waals surface area (Å²) in [7, 11) is 0. The van der Waals surface area contributed by atoms with Gasteiger partial charge in [0.25, 0.3) is 5.91 Å². The molecule has 1 aromatic heterocycles. The fourth-order valence-corrected chi connectivity index (χ4v) is 0.840. The molecule has 0 fully saturated rings. The SMILES string of the molecule is NCCNC(=O)c1cncc(O)c1. The highest BCUT2D eigenvalue weighted by atomic mass is 16.3. The number of amides is 1. The van der Waals surface area contributed by atoms with Crippen LogP contribution in [-0.4, -0.2) is 29.1 Å². The molecule has 0 radical (unpaired) electrons. The van der Waals surface area contributed by atoms with E-state index in [9.17, 15) is 4.79 Å². The summed E-state index contributed by atoms with van der Waals surface area (Å²) in [6.45, 7) is 0.798. The average Bonchev–Trinajstić information content (AvgIpc) is 2.14. The lowest BCUT2D eigenvalue weighted by molar-refractivity contribution is 0.0954. The molecule has 1 amide bonds. The van der Waals surface area contributed by atoms with Crippen LogP contribution >= 0.6 is 0 Å². The lowest BCUT2D eigenvalue weighted by Gasteiger charge is -2.02. The van der Waals surface area contributed by atoms with Crippen molar-refractivity contribution in [3.63, 3.8) is 0 Å². The molecule has 0 aromatic carbocycles. The minimum atomic E-state index is -0.283. The molecule has 1 rings (SSSR count). The largest absolute Gasteiger partial charge is 0.506 e. The number of carbonyl (C=O) groups excluding carboxylic acids is 1. The van der Waals surface area contributed by atoms with E-state index in [1.165, 1.54) is 18.5 Å². The lowest BCUT2D eigenvalue weighted by atomic mass is 10.2. The molecule has 4 N–H and O–H groups in total. The first-order chi connectivity index (χ1) is 6.24. The minimum Gasteiger partial charge on any atom is -0.506 e. The van der Waals surface area contributed by atoms with Crippen molar-refractivity contribution in [3.05, 3.63) is 24.0 Å². The number of carbonyl (C=O) groups is 1. The fraction of sp³-hybridized carbons (Fsp3) is 0.250. The molecule has 0 aliphatic rings. The van der Waals surface area contributed by atoms with E-state index >= 15 is 0 Å². The molecule has 1 aromatic rings. The monoisotopic (exact) mass is 181 g/mol. The number of hydrogen-bond donors (Lipinski definition) is 3. The van der Waals surface area contributed by atoms with Crippen molar-refractivity contribution in [2.75, 3.05) is 13.1 Å². The zero-order valence-electron chi connectivity index (χ0n) is 7.03. The summed E-state index contributed by atoms with van der Waals surface area (Å²) in [4.78, 5) is 14.9. The van der Waals surface area contributed by atoms with Crippen molar-refractivity contribution in [2.24, 2.45) is 5.73 Å². The Morgan fingerprint density at radius 2 is 2.38 bits per heavy atom. The van der Waals surface area contributed by atoms with Gasteiger partial charge in [-0.25, -0.2) is 0 Å². The van der Waals surface area contributed by atoms with Crippen LogP contribution in [0.25, 0.3) is 0 Å². The highest BCUT2D eigenvalue weighted by Gasteiger charge is 2.04. The third-order valence-corrected chi connectivity index (χ3v) is 1.42. The predicted octanol–water partition coefficient (Wildman–Crippen LogP) is -0.524. The first-order valence-electron chi connectivity index (χ1n) is 3.86. The predicted molar refractivity (Wildman–Crippen MR) is 47.3 cm³/mol. The zero-order chi connectivity index (χ0) is 9.68. The number of pyridine rings is 1. The first kappa shape index (κ1) is 9.47. The Labute approximate surface area is 75.6 Å². The van der Waals surface area contributed by atoms with Gasteiger partial charge in [-0.2, -0.15) is 0 Å². The van der Waals surface area contributed by atoms with Crippen LogP contribution in [0.4, 0.5) is 0 Å². The molecule has 5 heteroatoms. The summed E-state index contributed by atoms with van der Waals surface area (Å²) in [5, 5.41) is 11.6. The molecule has 5 nitrogen and oxygen atoms in total. The van der Waals surface area contributed by atoms with Crippen LogP contribution < -0.4 is 11.1 Å². The Bertz CT molecular complexity index is 301. The van der Waals surface area contributed by atoms with Gasteiger partial charge < -0.3 is 16.2 Å². The van der Waals surface area contributed by atoms with Gasteiger partial charge in [-0.3, -0.25) is 9.78 Å². The topological polar surface area (TPSA) is 88.2 Å².